The molecule has 1 unspecified atom stereocenters. The fourth-order valence-electron chi connectivity index (χ4n) is 2.55. The third kappa shape index (κ3) is 2.40. The fraction of sp³-hybridized carbons (Fsp3) is 0.188. The van der Waals surface area contributed by atoms with Crippen molar-refractivity contribution in [3.05, 3.63) is 65.4 Å². The van der Waals surface area contributed by atoms with Gasteiger partial charge in [0.1, 0.15) is 11.6 Å². The molecule has 0 saturated heterocycles. The molecule has 21 heavy (non-hydrogen) atoms. The molecule has 0 radical (unpaired) electrons. The van der Waals surface area contributed by atoms with Gasteiger partial charge in [-0.3, -0.25) is 4.68 Å². The minimum absolute atomic E-state index is 0.0548. The number of aliphatic hydroxyl groups excluding tert-OH is 1. The highest BCUT2D eigenvalue weighted by atomic mass is 19.1. The average Bonchev–Trinajstić information content (AvgIpc) is 2.76. The fourth-order valence-corrected chi connectivity index (χ4v) is 2.55. The number of aryl methyl sites for hydroxylation is 1. The number of rotatable bonds is 3. The van der Waals surface area contributed by atoms with Crippen molar-refractivity contribution in [1.82, 2.24) is 9.78 Å². The van der Waals surface area contributed by atoms with E-state index in [1.165, 1.54) is 6.07 Å². The lowest BCUT2D eigenvalue weighted by molar-refractivity contribution is 0.167. The first kappa shape index (κ1) is 13.7. The quantitative estimate of drug-likeness (QED) is 0.804. The average molecular weight is 288 g/mol. The van der Waals surface area contributed by atoms with Crippen molar-refractivity contribution < 1.29 is 13.9 Å². The number of fused-ring (bicyclic) bond motifs is 1. The van der Waals surface area contributed by atoms with E-state index in [9.17, 15) is 13.9 Å². The second-order valence-corrected chi connectivity index (χ2v) is 4.94. The molecule has 0 saturated carbocycles. The van der Waals surface area contributed by atoms with Gasteiger partial charge in [0.05, 0.1) is 22.9 Å². The van der Waals surface area contributed by atoms with Crippen LogP contribution in [-0.4, -0.2) is 14.9 Å². The summed E-state index contributed by atoms with van der Waals surface area (Å²) in [6.45, 7) is 0. The zero-order valence-electron chi connectivity index (χ0n) is 11.4. The number of nitrogens with zero attached hydrogens (tertiary/aromatic N) is 2. The van der Waals surface area contributed by atoms with Crippen LogP contribution in [0.25, 0.3) is 10.9 Å². The minimum atomic E-state index is -1.27. The van der Waals surface area contributed by atoms with Crippen molar-refractivity contribution >= 4 is 10.9 Å². The van der Waals surface area contributed by atoms with Crippen molar-refractivity contribution in [3.8, 4) is 0 Å². The normalized spacial score (nSPS) is 12.8. The molecule has 1 aromatic heterocycles. The number of halogens is 2. The summed E-state index contributed by atoms with van der Waals surface area (Å²) in [5.41, 5.74) is 1.21. The van der Waals surface area contributed by atoms with E-state index in [0.29, 0.717) is 5.69 Å². The third-order valence-corrected chi connectivity index (χ3v) is 3.55. The Kier molecular flexibility index (Phi) is 3.43. The van der Waals surface area contributed by atoms with Gasteiger partial charge in [0.25, 0.3) is 0 Å². The summed E-state index contributed by atoms with van der Waals surface area (Å²) in [7, 11) is 1.79. The van der Waals surface area contributed by atoms with E-state index in [2.05, 4.69) is 5.10 Å². The van der Waals surface area contributed by atoms with Gasteiger partial charge in [-0.2, -0.15) is 5.10 Å². The molecule has 0 aliphatic carbocycles. The Morgan fingerprint density at radius 3 is 2.48 bits per heavy atom. The van der Waals surface area contributed by atoms with Gasteiger partial charge < -0.3 is 5.11 Å². The van der Waals surface area contributed by atoms with Gasteiger partial charge in [0.15, 0.2) is 0 Å². The molecule has 1 N–H and O–H groups in total. The molecule has 108 valence electrons. The summed E-state index contributed by atoms with van der Waals surface area (Å²) in [6, 6.07) is 11.1. The topological polar surface area (TPSA) is 38.0 Å². The number of benzene rings is 2. The summed E-state index contributed by atoms with van der Waals surface area (Å²) in [5.74, 6) is -1.49. The molecular weight excluding hydrogens is 274 g/mol. The second kappa shape index (κ2) is 5.26. The summed E-state index contributed by atoms with van der Waals surface area (Å²) in [4.78, 5) is 0. The van der Waals surface area contributed by atoms with E-state index < -0.39 is 17.7 Å². The van der Waals surface area contributed by atoms with Crippen LogP contribution in [-0.2, 0) is 13.5 Å². The van der Waals surface area contributed by atoms with E-state index in [1.807, 2.05) is 24.3 Å². The predicted octanol–water partition coefficient (Wildman–Crippen LogP) is 3.13. The Labute approximate surface area is 120 Å². The molecular formula is C16H14F2N2O. The zero-order chi connectivity index (χ0) is 15.0. The van der Waals surface area contributed by atoms with Crippen LogP contribution in [0.1, 0.15) is 17.4 Å². The monoisotopic (exact) mass is 288 g/mol. The summed E-state index contributed by atoms with van der Waals surface area (Å²) >= 11 is 0. The largest absolute Gasteiger partial charge is 0.388 e. The van der Waals surface area contributed by atoms with E-state index in [4.69, 9.17) is 0 Å². The van der Waals surface area contributed by atoms with E-state index in [1.54, 1.807) is 11.7 Å². The van der Waals surface area contributed by atoms with Gasteiger partial charge in [0.2, 0.25) is 0 Å². The first-order valence-electron chi connectivity index (χ1n) is 6.60. The van der Waals surface area contributed by atoms with Crippen LogP contribution in [0.5, 0.6) is 0 Å². The number of aromatic nitrogens is 2. The van der Waals surface area contributed by atoms with Crippen molar-refractivity contribution in [1.29, 1.82) is 0 Å². The SMILES string of the molecule is Cn1nc(CC(O)c2c(F)cccc2F)c2ccccc21. The van der Waals surface area contributed by atoms with E-state index >= 15 is 0 Å². The number of para-hydroxylation sites is 1. The molecule has 0 aliphatic rings. The lowest BCUT2D eigenvalue weighted by atomic mass is 10.0. The maximum atomic E-state index is 13.7. The molecule has 0 fully saturated rings. The maximum absolute atomic E-state index is 13.7. The van der Waals surface area contributed by atoms with Crippen LogP contribution >= 0.6 is 0 Å². The Balaban J connectivity index is 1.99. The molecule has 0 amide bonds. The Bertz CT molecular complexity index is 778. The molecule has 0 bridgehead atoms. The van der Waals surface area contributed by atoms with Gasteiger partial charge in [-0.15, -0.1) is 0 Å². The van der Waals surface area contributed by atoms with Crippen LogP contribution in [0.2, 0.25) is 0 Å². The molecule has 3 rings (SSSR count). The standard InChI is InChI=1S/C16H14F2N2O/c1-20-14-8-3-2-5-10(14)13(19-20)9-15(21)16-11(17)6-4-7-12(16)18/h2-8,15,21H,9H2,1H3. The zero-order valence-corrected chi connectivity index (χ0v) is 11.4. The second-order valence-electron chi connectivity index (χ2n) is 4.94. The summed E-state index contributed by atoms with van der Waals surface area (Å²) in [6.07, 6.45) is -1.22. The smallest absolute Gasteiger partial charge is 0.131 e. The number of hydrogen-bond donors (Lipinski definition) is 1. The van der Waals surface area contributed by atoms with Gasteiger partial charge in [-0.25, -0.2) is 8.78 Å². The first-order chi connectivity index (χ1) is 10.1. The number of aliphatic hydroxyl groups is 1. The van der Waals surface area contributed by atoms with Crippen molar-refractivity contribution in [2.75, 3.05) is 0 Å². The Hall–Kier alpha value is -2.27. The van der Waals surface area contributed by atoms with Gasteiger partial charge in [-0.1, -0.05) is 24.3 Å². The molecule has 5 heteroatoms. The molecule has 0 spiro atoms. The molecule has 3 nitrogen and oxygen atoms in total. The molecule has 1 heterocycles. The van der Waals surface area contributed by atoms with Crippen molar-refractivity contribution in [3.63, 3.8) is 0 Å². The van der Waals surface area contributed by atoms with Gasteiger partial charge in [0, 0.05) is 18.9 Å². The molecule has 1 atom stereocenters. The third-order valence-electron chi connectivity index (χ3n) is 3.55. The van der Waals surface area contributed by atoms with Crippen LogP contribution in [0.3, 0.4) is 0 Å². The first-order valence-corrected chi connectivity index (χ1v) is 6.60. The molecule has 0 aliphatic heterocycles. The van der Waals surface area contributed by atoms with E-state index in [0.717, 1.165) is 23.0 Å². The summed E-state index contributed by atoms with van der Waals surface area (Å²) < 4.78 is 29.1. The highest BCUT2D eigenvalue weighted by Gasteiger charge is 2.20. The lowest BCUT2D eigenvalue weighted by Gasteiger charge is -2.11. The van der Waals surface area contributed by atoms with Crippen LogP contribution < -0.4 is 0 Å². The Morgan fingerprint density at radius 1 is 1.10 bits per heavy atom. The lowest BCUT2D eigenvalue weighted by Crippen LogP contribution is -2.08. The summed E-state index contributed by atoms with van der Waals surface area (Å²) in [5, 5.41) is 15.4. The van der Waals surface area contributed by atoms with Gasteiger partial charge >= 0.3 is 0 Å². The van der Waals surface area contributed by atoms with Gasteiger partial charge in [-0.05, 0) is 18.2 Å². The molecule has 3 aromatic rings. The molecule has 2 aromatic carbocycles. The Morgan fingerprint density at radius 2 is 1.76 bits per heavy atom. The minimum Gasteiger partial charge on any atom is -0.388 e. The van der Waals surface area contributed by atoms with E-state index in [-0.39, 0.29) is 12.0 Å². The van der Waals surface area contributed by atoms with Crippen molar-refractivity contribution in [2.24, 2.45) is 7.05 Å². The van der Waals surface area contributed by atoms with Crippen LogP contribution in [0, 0.1) is 11.6 Å². The highest BCUT2D eigenvalue weighted by Crippen LogP contribution is 2.26. The number of hydrogen-bond acceptors (Lipinski definition) is 2. The highest BCUT2D eigenvalue weighted by molar-refractivity contribution is 5.81. The van der Waals surface area contributed by atoms with Crippen molar-refractivity contribution in [2.45, 2.75) is 12.5 Å². The van der Waals surface area contributed by atoms with Crippen LogP contribution in [0.4, 0.5) is 8.78 Å². The predicted molar refractivity (Wildman–Crippen MR) is 75.7 cm³/mol. The van der Waals surface area contributed by atoms with Crippen LogP contribution in [0.15, 0.2) is 42.5 Å². The maximum Gasteiger partial charge on any atom is 0.131 e.